The van der Waals surface area contributed by atoms with Crippen molar-refractivity contribution in [1.29, 1.82) is 0 Å². The Hall–Kier alpha value is -5.28. The van der Waals surface area contributed by atoms with Crippen LogP contribution < -0.4 is 29.2 Å². The van der Waals surface area contributed by atoms with E-state index in [1.54, 1.807) is 30.3 Å². The maximum Gasteiger partial charge on any atom is 0.335 e. The Morgan fingerprint density at radius 3 is 1.98 bits per heavy atom. The fourth-order valence-electron chi connectivity index (χ4n) is 4.58. The summed E-state index contributed by atoms with van der Waals surface area (Å²) >= 11 is 5.95. The van der Waals surface area contributed by atoms with Crippen LogP contribution in [-0.2, 0) is 22.8 Å². The number of halogens is 1. The molecule has 0 aliphatic carbocycles. The fourth-order valence-corrected chi connectivity index (χ4v) is 4.70. The molecule has 45 heavy (non-hydrogen) atoms. The van der Waals surface area contributed by atoms with Crippen molar-refractivity contribution < 1.29 is 33.3 Å². The number of urea groups is 1. The molecule has 0 spiro atoms. The first-order chi connectivity index (χ1) is 21.9. The number of rotatable bonds is 12. The summed E-state index contributed by atoms with van der Waals surface area (Å²) < 4.78 is 23.8. The topological polar surface area (TPSA) is 103 Å². The highest BCUT2D eigenvalue weighted by atomic mass is 35.5. The number of hydrogen-bond donors (Lipinski definition) is 1. The van der Waals surface area contributed by atoms with Gasteiger partial charge in [0, 0.05) is 5.02 Å². The van der Waals surface area contributed by atoms with Crippen molar-refractivity contribution in [2.75, 3.05) is 18.1 Å². The second-order valence-corrected chi connectivity index (χ2v) is 10.3. The van der Waals surface area contributed by atoms with Crippen molar-refractivity contribution in [2.24, 2.45) is 0 Å². The molecule has 1 fully saturated rings. The largest absolute Gasteiger partial charge is 0.490 e. The molecule has 0 atom stereocenters. The van der Waals surface area contributed by atoms with Gasteiger partial charge in [-0.1, -0.05) is 54.1 Å². The molecule has 1 aliphatic heterocycles. The Bertz CT molecular complexity index is 1720. The molecular weight excluding hydrogens is 596 g/mol. The van der Waals surface area contributed by atoms with Crippen LogP contribution in [-0.4, -0.2) is 31.1 Å². The minimum Gasteiger partial charge on any atom is -0.490 e. The fraction of sp³-hybridized carbons (Fsp3) is 0.171. The van der Waals surface area contributed by atoms with Crippen molar-refractivity contribution in [3.05, 3.63) is 118 Å². The highest BCUT2D eigenvalue weighted by molar-refractivity contribution is 6.39. The monoisotopic (exact) mass is 626 g/mol. The molecule has 1 N–H and O–H groups in total. The summed E-state index contributed by atoms with van der Waals surface area (Å²) in [4.78, 5) is 39.3. The molecule has 10 heteroatoms. The van der Waals surface area contributed by atoms with Crippen LogP contribution in [0, 0.1) is 0 Å². The number of barbiturate groups is 1. The van der Waals surface area contributed by atoms with E-state index in [4.69, 9.17) is 30.5 Å². The molecule has 1 heterocycles. The second kappa shape index (κ2) is 14.5. The van der Waals surface area contributed by atoms with E-state index >= 15 is 0 Å². The molecular formula is C35H31ClN2O7. The maximum atomic E-state index is 13.3. The molecule has 4 aromatic rings. The quantitative estimate of drug-likeness (QED) is 0.134. The number of anilines is 1. The zero-order chi connectivity index (χ0) is 31.8. The van der Waals surface area contributed by atoms with Gasteiger partial charge in [0.25, 0.3) is 11.8 Å². The van der Waals surface area contributed by atoms with Crippen LogP contribution in [0.1, 0.15) is 30.5 Å². The highest BCUT2D eigenvalue weighted by Gasteiger charge is 2.36. The van der Waals surface area contributed by atoms with Gasteiger partial charge in [-0.2, -0.15) is 0 Å². The van der Waals surface area contributed by atoms with Gasteiger partial charge in [-0.25, -0.2) is 9.69 Å². The van der Waals surface area contributed by atoms with Gasteiger partial charge in [0.1, 0.15) is 18.8 Å². The van der Waals surface area contributed by atoms with Gasteiger partial charge < -0.3 is 18.9 Å². The molecule has 230 valence electrons. The zero-order valence-electron chi connectivity index (χ0n) is 24.7. The van der Waals surface area contributed by atoms with Crippen LogP contribution in [0.25, 0.3) is 6.08 Å². The molecule has 4 aromatic carbocycles. The van der Waals surface area contributed by atoms with Crippen LogP contribution >= 0.6 is 11.6 Å². The molecule has 9 nitrogen and oxygen atoms in total. The SMILES string of the molecule is CCOc1cc(/C=C2/C(=O)NC(=O)N(c3ccc(Cl)cc3)C2=O)ccc1OCc1ccc(OCc2ccccc2)c(OCC)c1. The van der Waals surface area contributed by atoms with Crippen molar-refractivity contribution in [3.63, 3.8) is 0 Å². The summed E-state index contributed by atoms with van der Waals surface area (Å²) in [6.45, 7) is 5.22. The lowest BCUT2D eigenvalue weighted by atomic mass is 10.1. The van der Waals surface area contributed by atoms with Crippen molar-refractivity contribution >= 4 is 41.2 Å². The summed E-state index contributed by atoms with van der Waals surface area (Å²) in [5.41, 5.74) is 2.49. The molecule has 5 rings (SSSR count). The number of nitrogens with zero attached hydrogens (tertiary/aromatic N) is 1. The molecule has 0 radical (unpaired) electrons. The first-order valence-electron chi connectivity index (χ1n) is 14.4. The summed E-state index contributed by atoms with van der Waals surface area (Å²) in [7, 11) is 0. The Labute approximate surface area is 265 Å². The first kappa shape index (κ1) is 31.2. The predicted octanol–water partition coefficient (Wildman–Crippen LogP) is 6.96. The van der Waals surface area contributed by atoms with E-state index in [1.165, 1.54) is 18.2 Å². The summed E-state index contributed by atoms with van der Waals surface area (Å²) in [5, 5.41) is 2.66. The zero-order valence-corrected chi connectivity index (χ0v) is 25.5. The number of carbonyl (C=O) groups is 3. The van der Waals surface area contributed by atoms with Gasteiger partial charge in [-0.3, -0.25) is 14.9 Å². The van der Waals surface area contributed by atoms with E-state index in [0.29, 0.717) is 53.4 Å². The first-order valence-corrected chi connectivity index (χ1v) is 14.7. The van der Waals surface area contributed by atoms with Crippen LogP contribution in [0.2, 0.25) is 5.02 Å². The minimum atomic E-state index is -0.841. The molecule has 0 bridgehead atoms. The number of carbonyl (C=O) groups excluding carboxylic acids is 3. The minimum absolute atomic E-state index is 0.210. The van der Waals surface area contributed by atoms with Gasteiger partial charge in [0.05, 0.1) is 18.9 Å². The van der Waals surface area contributed by atoms with E-state index in [2.05, 4.69) is 5.32 Å². The summed E-state index contributed by atoms with van der Waals surface area (Å²) in [5.74, 6) is 0.589. The third kappa shape index (κ3) is 7.63. The van der Waals surface area contributed by atoms with Crippen LogP contribution in [0.15, 0.2) is 96.6 Å². The van der Waals surface area contributed by atoms with Gasteiger partial charge >= 0.3 is 6.03 Å². The number of benzene rings is 4. The van der Waals surface area contributed by atoms with Crippen molar-refractivity contribution in [2.45, 2.75) is 27.1 Å². The molecule has 4 amide bonds. The third-order valence-corrected chi connectivity index (χ3v) is 6.96. The standard InChI is InChI=1S/C35H31ClN2O7/c1-3-42-31-19-24(18-28-33(39)37-35(41)38(34(28)40)27-14-12-26(36)13-15-27)10-16-29(31)45-22-25-11-17-30(32(20-25)43-4-2)44-21-23-8-6-5-7-9-23/h5-20H,3-4,21-22H2,1-2H3,(H,37,39,41)/b28-18-. The molecule has 1 saturated heterocycles. The van der Waals surface area contributed by atoms with Gasteiger partial charge in [-0.05, 0) is 85.1 Å². The number of amides is 4. The lowest BCUT2D eigenvalue weighted by Gasteiger charge is -2.26. The Morgan fingerprint density at radius 2 is 1.31 bits per heavy atom. The maximum absolute atomic E-state index is 13.3. The third-order valence-electron chi connectivity index (χ3n) is 6.70. The number of hydrogen-bond acceptors (Lipinski definition) is 7. The van der Waals surface area contributed by atoms with Crippen molar-refractivity contribution in [1.82, 2.24) is 5.32 Å². The Kier molecular flexibility index (Phi) is 10.0. The lowest BCUT2D eigenvalue weighted by Crippen LogP contribution is -2.54. The van der Waals surface area contributed by atoms with Gasteiger partial charge in [0.2, 0.25) is 0 Å². The molecule has 0 aromatic heterocycles. The van der Waals surface area contributed by atoms with Crippen molar-refractivity contribution in [3.8, 4) is 23.0 Å². The Morgan fingerprint density at radius 1 is 0.689 bits per heavy atom. The van der Waals surface area contributed by atoms with E-state index in [1.807, 2.05) is 62.4 Å². The number of imide groups is 2. The summed E-state index contributed by atoms with van der Waals surface area (Å²) in [6.07, 6.45) is 1.40. The van der Waals surface area contributed by atoms with Crippen LogP contribution in [0.5, 0.6) is 23.0 Å². The van der Waals surface area contributed by atoms with Crippen LogP contribution in [0.3, 0.4) is 0 Å². The lowest BCUT2D eigenvalue weighted by molar-refractivity contribution is -0.122. The number of ether oxygens (including phenoxy) is 4. The molecule has 1 aliphatic rings. The predicted molar refractivity (Wildman–Crippen MR) is 171 cm³/mol. The average molecular weight is 627 g/mol. The molecule has 0 unspecified atom stereocenters. The Balaban J connectivity index is 1.32. The van der Waals surface area contributed by atoms with E-state index in [0.717, 1.165) is 16.0 Å². The summed E-state index contributed by atoms with van der Waals surface area (Å²) in [6, 6.07) is 25.9. The highest BCUT2D eigenvalue weighted by Crippen LogP contribution is 2.33. The van der Waals surface area contributed by atoms with E-state index in [-0.39, 0.29) is 17.9 Å². The normalized spacial score (nSPS) is 13.9. The molecule has 0 saturated carbocycles. The average Bonchev–Trinajstić information content (AvgIpc) is 3.04. The second-order valence-electron chi connectivity index (χ2n) is 9.85. The van der Waals surface area contributed by atoms with E-state index in [9.17, 15) is 14.4 Å². The van der Waals surface area contributed by atoms with Crippen LogP contribution in [0.4, 0.5) is 10.5 Å². The van der Waals surface area contributed by atoms with E-state index < -0.39 is 17.8 Å². The smallest absolute Gasteiger partial charge is 0.335 e. The van der Waals surface area contributed by atoms with Gasteiger partial charge in [-0.15, -0.1) is 0 Å². The number of nitrogens with one attached hydrogen (secondary N) is 1. The van der Waals surface area contributed by atoms with Gasteiger partial charge in [0.15, 0.2) is 23.0 Å².